The Morgan fingerprint density at radius 2 is 2.19 bits per heavy atom. The standard InChI is InChI=1S/C19H16ClFN4O2/c20-15-10-13(21)4-5-14(15)17-11-24(8-9-27-17)19(26)16-2-1-3-18(23-16)25-7-6-22-12-25/h1-7,10,12,17H,8-9,11H2/t17-/m0/s1. The molecule has 27 heavy (non-hydrogen) atoms. The number of nitrogens with zero attached hydrogens (tertiary/aromatic N) is 4. The van der Waals surface area contributed by atoms with Crippen molar-refractivity contribution in [2.75, 3.05) is 19.7 Å². The molecule has 1 fully saturated rings. The Morgan fingerprint density at radius 3 is 2.96 bits per heavy atom. The molecule has 0 bridgehead atoms. The molecule has 0 saturated carbocycles. The zero-order chi connectivity index (χ0) is 18.8. The molecular formula is C19H16ClFN4O2. The largest absolute Gasteiger partial charge is 0.370 e. The first-order valence-corrected chi connectivity index (χ1v) is 8.81. The highest BCUT2D eigenvalue weighted by molar-refractivity contribution is 6.31. The number of pyridine rings is 1. The van der Waals surface area contributed by atoms with E-state index in [4.69, 9.17) is 16.3 Å². The molecule has 3 aromatic rings. The predicted molar refractivity (Wildman–Crippen MR) is 97.4 cm³/mol. The van der Waals surface area contributed by atoms with Crippen molar-refractivity contribution in [2.24, 2.45) is 0 Å². The third-order valence-corrected chi connectivity index (χ3v) is 4.71. The number of rotatable bonds is 3. The van der Waals surface area contributed by atoms with Gasteiger partial charge in [-0.1, -0.05) is 23.7 Å². The van der Waals surface area contributed by atoms with Crippen molar-refractivity contribution >= 4 is 17.5 Å². The average molecular weight is 387 g/mol. The number of aromatic nitrogens is 3. The van der Waals surface area contributed by atoms with Gasteiger partial charge in [-0.2, -0.15) is 0 Å². The Labute approximate surface area is 160 Å². The zero-order valence-electron chi connectivity index (χ0n) is 14.3. The van der Waals surface area contributed by atoms with Crippen LogP contribution in [0.15, 0.2) is 55.1 Å². The Hall–Kier alpha value is -2.77. The van der Waals surface area contributed by atoms with Crippen LogP contribution in [0.2, 0.25) is 5.02 Å². The fourth-order valence-corrected chi connectivity index (χ4v) is 3.32. The second kappa shape index (κ2) is 7.46. The van der Waals surface area contributed by atoms with E-state index in [0.29, 0.717) is 36.8 Å². The molecule has 6 nitrogen and oxygen atoms in total. The molecule has 1 atom stereocenters. The zero-order valence-corrected chi connectivity index (χ0v) is 15.0. The number of benzene rings is 1. The highest BCUT2D eigenvalue weighted by Crippen LogP contribution is 2.29. The van der Waals surface area contributed by atoms with Crippen LogP contribution in [0.5, 0.6) is 0 Å². The maximum atomic E-state index is 13.3. The van der Waals surface area contributed by atoms with Crippen molar-refractivity contribution in [1.82, 2.24) is 19.4 Å². The van der Waals surface area contributed by atoms with Gasteiger partial charge in [-0.3, -0.25) is 9.36 Å². The second-order valence-corrected chi connectivity index (χ2v) is 6.53. The topological polar surface area (TPSA) is 60.2 Å². The van der Waals surface area contributed by atoms with Gasteiger partial charge in [-0.25, -0.2) is 14.4 Å². The number of imidazole rings is 1. The number of carbonyl (C=O) groups excluding carboxylic acids is 1. The van der Waals surface area contributed by atoms with Gasteiger partial charge in [-0.15, -0.1) is 0 Å². The first-order valence-electron chi connectivity index (χ1n) is 8.43. The molecule has 0 N–H and O–H groups in total. The molecule has 0 radical (unpaired) electrons. The Kier molecular flexibility index (Phi) is 4.87. The number of hydrogen-bond donors (Lipinski definition) is 0. The van der Waals surface area contributed by atoms with E-state index in [-0.39, 0.29) is 10.9 Å². The molecule has 8 heteroatoms. The second-order valence-electron chi connectivity index (χ2n) is 6.13. The smallest absolute Gasteiger partial charge is 0.272 e. The minimum Gasteiger partial charge on any atom is -0.370 e. The van der Waals surface area contributed by atoms with E-state index in [1.807, 2.05) is 0 Å². The van der Waals surface area contributed by atoms with Crippen molar-refractivity contribution in [2.45, 2.75) is 6.10 Å². The molecule has 138 valence electrons. The van der Waals surface area contributed by atoms with Gasteiger partial charge < -0.3 is 9.64 Å². The number of morpholine rings is 1. The van der Waals surface area contributed by atoms with E-state index in [0.717, 1.165) is 0 Å². The lowest BCUT2D eigenvalue weighted by atomic mass is 10.1. The summed E-state index contributed by atoms with van der Waals surface area (Å²) < 4.78 is 20.8. The van der Waals surface area contributed by atoms with Crippen molar-refractivity contribution in [3.63, 3.8) is 0 Å². The summed E-state index contributed by atoms with van der Waals surface area (Å²) in [6, 6.07) is 9.44. The summed E-state index contributed by atoms with van der Waals surface area (Å²) in [7, 11) is 0. The molecule has 1 aliphatic rings. The van der Waals surface area contributed by atoms with Gasteiger partial charge in [0.25, 0.3) is 5.91 Å². The van der Waals surface area contributed by atoms with Gasteiger partial charge in [0.1, 0.15) is 29.8 Å². The van der Waals surface area contributed by atoms with Gasteiger partial charge >= 0.3 is 0 Å². The van der Waals surface area contributed by atoms with Crippen LogP contribution in [-0.2, 0) is 4.74 Å². The molecule has 4 rings (SSSR count). The van der Waals surface area contributed by atoms with Crippen LogP contribution in [0.4, 0.5) is 4.39 Å². The van der Waals surface area contributed by atoms with Crippen LogP contribution in [0.25, 0.3) is 5.82 Å². The van der Waals surface area contributed by atoms with Crippen molar-refractivity contribution in [3.8, 4) is 5.82 Å². The highest BCUT2D eigenvalue weighted by atomic mass is 35.5. The van der Waals surface area contributed by atoms with Crippen molar-refractivity contribution < 1.29 is 13.9 Å². The molecule has 3 heterocycles. The van der Waals surface area contributed by atoms with Crippen LogP contribution in [-0.4, -0.2) is 45.0 Å². The third kappa shape index (κ3) is 3.70. The van der Waals surface area contributed by atoms with Crippen LogP contribution in [0.1, 0.15) is 22.2 Å². The summed E-state index contributed by atoms with van der Waals surface area (Å²) >= 11 is 6.14. The van der Waals surface area contributed by atoms with Crippen LogP contribution in [0, 0.1) is 5.82 Å². The number of amides is 1. The molecule has 0 unspecified atom stereocenters. The minimum absolute atomic E-state index is 0.191. The summed E-state index contributed by atoms with van der Waals surface area (Å²) in [4.78, 5) is 23.0. The molecule has 1 aromatic carbocycles. The lowest BCUT2D eigenvalue weighted by molar-refractivity contribution is -0.0230. The SMILES string of the molecule is O=C(c1cccc(-n2ccnc2)n1)N1CCO[C@H](c2ccc(F)cc2Cl)C1. The molecule has 1 aliphatic heterocycles. The average Bonchev–Trinajstić information content (AvgIpc) is 3.22. The summed E-state index contributed by atoms with van der Waals surface area (Å²) in [5, 5.41) is 0.287. The molecule has 0 spiro atoms. The monoisotopic (exact) mass is 386 g/mol. The highest BCUT2D eigenvalue weighted by Gasteiger charge is 2.28. The van der Waals surface area contributed by atoms with E-state index in [9.17, 15) is 9.18 Å². The van der Waals surface area contributed by atoms with Gasteiger partial charge in [-0.05, 0) is 24.3 Å². The van der Waals surface area contributed by atoms with Crippen molar-refractivity contribution in [3.05, 3.63) is 77.2 Å². The lowest BCUT2D eigenvalue weighted by Crippen LogP contribution is -2.42. The first-order chi connectivity index (χ1) is 13.1. The normalized spacial score (nSPS) is 17.1. The number of halogens is 2. The minimum atomic E-state index is -0.410. The third-order valence-electron chi connectivity index (χ3n) is 4.39. The molecular weight excluding hydrogens is 371 g/mol. The molecule has 1 saturated heterocycles. The van der Waals surface area contributed by atoms with Crippen LogP contribution in [0.3, 0.4) is 0 Å². The van der Waals surface area contributed by atoms with Gasteiger partial charge in [0, 0.05) is 29.5 Å². The van der Waals surface area contributed by atoms with Gasteiger partial charge in [0.15, 0.2) is 0 Å². The maximum absolute atomic E-state index is 13.3. The Balaban J connectivity index is 1.54. The van der Waals surface area contributed by atoms with Crippen LogP contribution < -0.4 is 0 Å². The fourth-order valence-electron chi connectivity index (χ4n) is 3.03. The molecule has 2 aromatic heterocycles. The fraction of sp³-hybridized carbons (Fsp3) is 0.211. The number of hydrogen-bond acceptors (Lipinski definition) is 4. The number of ether oxygens (including phenoxy) is 1. The number of carbonyl (C=O) groups is 1. The Morgan fingerprint density at radius 1 is 1.30 bits per heavy atom. The molecule has 0 aliphatic carbocycles. The summed E-state index contributed by atoms with van der Waals surface area (Å²) in [6.45, 7) is 1.14. The first kappa shape index (κ1) is 17.6. The predicted octanol–water partition coefficient (Wildman–Crippen LogP) is 3.27. The molecule has 1 amide bonds. The van der Waals surface area contributed by atoms with Gasteiger partial charge in [0.2, 0.25) is 0 Å². The quantitative estimate of drug-likeness (QED) is 0.693. The van der Waals surface area contributed by atoms with E-state index in [1.165, 1.54) is 12.1 Å². The van der Waals surface area contributed by atoms with E-state index >= 15 is 0 Å². The van der Waals surface area contributed by atoms with E-state index in [1.54, 1.807) is 52.5 Å². The summed E-state index contributed by atoms with van der Waals surface area (Å²) in [5.41, 5.74) is 1.00. The summed E-state index contributed by atoms with van der Waals surface area (Å²) in [5.74, 6) is 0.0150. The summed E-state index contributed by atoms with van der Waals surface area (Å²) in [6.07, 6.45) is 4.62. The maximum Gasteiger partial charge on any atom is 0.272 e. The van der Waals surface area contributed by atoms with Crippen LogP contribution >= 0.6 is 11.6 Å². The van der Waals surface area contributed by atoms with Gasteiger partial charge in [0.05, 0.1) is 13.2 Å². The van der Waals surface area contributed by atoms with E-state index in [2.05, 4.69) is 9.97 Å². The van der Waals surface area contributed by atoms with E-state index < -0.39 is 11.9 Å². The Bertz CT molecular complexity index is 964. The lowest BCUT2D eigenvalue weighted by Gasteiger charge is -2.33. The van der Waals surface area contributed by atoms with Crippen molar-refractivity contribution in [1.29, 1.82) is 0 Å².